The first-order valence-corrected chi connectivity index (χ1v) is 11.8. The molecule has 170 valence electrons. The number of benzene rings is 2. The average molecular weight is 458 g/mol. The zero-order chi connectivity index (χ0) is 23.4. The van der Waals surface area contributed by atoms with Crippen LogP contribution in [0, 0.1) is 6.92 Å². The number of nitrogens with one attached hydrogen (secondary N) is 1. The maximum absolute atomic E-state index is 12.8. The molecule has 1 amide bonds. The molecule has 32 heavy (non-hydrogen) atoms. The zero-order valence-corrected chi connectivity index (χ0v) is 19.3. The second-order valence-corrected chi connectivity index (χ2v) is 10.4. The molecule has 0 spiro atoms. The molecule has 0 aliphatic heterocycles. The number of nitrogens with zero attached hydrogens (tertiary/aromatic N) is 2. The van der Waals surface area contributed by atoms with Crippen LogP contribution in [0.4, 0.5) is 4.79 Å². The Labute approximate surface area is 187 Å². The maximum atomic E-state index is 12.8. The van der Waals surface area contributed by atoms with Crippen molar-refractivity contribution in [1.29, 1.82) is 0 Å². The zero-order valence-electron chi connectivity index (χ0n) is 18.5. The lowest BCUT2D eigenvalue weighted by Crippen LogP contribution is -2.36. The van der Waals surface area contributed by atoms with Crippen molar-refractivity contribution in [2.75, 3.05) is 0 Å². The van der Waals surface area contributed by atoms with Crippen LogP contribution in [-0.4, -0.2) is 30.3 Å². The number of aromatic nitrogens is 2. The van der Waals surface area contributed by atoms with E-state index >= 15 is 0 Å². The molecular weight excluding hydrogens is 430 g/mol. The second-order valence-electron chi connectivity index (χ2n) is 8.54. The predicted molar refractivity (Wildman–Crippen MR) is 119 cm³/mol. The molecule has 2 aromatic carbocycles. The summed E-state index contributed by atoms with van der Waals surface area (Å²) in [7, 11) is -3.86. The lowest BCUT2D eigenvalue weighted by molar-refractivity contribution is 0.0494. The van der Waals surface area contributed by atoms with E-state index in [1.165, 1.54) is 0 Å². The number of hydrogen-bond acceptors (Lipinski definition) is 7. The van der Waals surface area contributed by atoms with Crippen LogP contribution in [0.3, 0.4) is 0 Å². The lowest BCUT2D eigenvalue weighted by Gasteiger charge is -2.22. The third kappa shape index (κ3) is 6.65. The van der Waals surface area contributed by atoms with Gasteiger partial charge in [-0.05, 0) is 38.8 Å². The van der Waals surface area contributed by atoms with Crippen LogP contribution in [0.15, 0.2) is 64.2 Å². The molecule has 3 aromatic rings. The summed E-state index contributed by atoms with van der Waals surface area (Å²) in [5.41, 5.74) is 1.78. The number of ether oxygens (including phenoxy) is 1. The Hall–Kier alpha value is -3.20. The van der Waals surface area contributed by atoms with E-state index in [2.05, 4.69) is 15.5 Å². The van der Waals surface area contributed by atoms with Gasteiger partial charge in [0, 0.05) is 6.42 Å². The van der Waals surface area contributed by atoms with Gasteiger partial charge in [-0.25, -0.2) is 13.2 Å². The smallest absolute Gasteiger partial charge is 0.408 e. The Morgan fingerprint density at radius 2 is 1.75 bits per heavy atom. The van der Waals surface area contributed by atoms with Gasteiger partial charge >= 0.3 is 11.3 Å². The maximum Gasteiger partial charge on any atom is 0.408 e. The van der Waals surface area contributed by atoms with E-state index < -0.39 is 32.8 Å². The van der Waals surface area contributed by atoms with Crippen LogP contribution in [0.25, 0.3) is 0 Å². The molecule has 1 atom stereocenters. The minimum atomic E-state index is -3.86. The van der Waals surface area contributed by atoms with Gasteiger partial charge in [-0.2, -0.15) is 0 Å². The molecule has 0 radical (unpaired) electrons. The van der Waals surface area contributed by atoms with Crippen molar-refractivity contribution in [2.24, 2.45) is 0 Å². The van der Waals surface area contributed by atoms with E-state index in [4.69, 9.17) is 9.15 Å². The minimum Gasteiger partial charge on any atom is -0.444 e. The Morgan fingerprint density at radius 1 is 1.06 bits per heavy atom. The molecular formula is C23H27N3O5S. The molecule has 0 fully saturated rings. The fourth-order valence-corrected chi connectivity index (χ4v) is 4.19. The summed E-state index contributed by atoms with van der Waals surface area (Å²) in [6, 6.07) is 15.8. The number of rotatable bonds is 7. The van der Waals surface area contributed by atoms with Gasteiger partial charge in [0.1, 0.15) is 11.6 Å². The first kappa shape index (κ1) is 23.5. The topological polar surface area (TPSA) is 111 Å². The quantitative estimate of drug-likeness (QED) is 0.567. The Kier molecular flexibility index (Phi) is 6.98. The normalized spacial score (nSPS) is 12.9. The molecule has 0 bridgehead atoms. The summed E-state index contributed by atoms with van der Waals surface area (Å²) in [5.74, 6) is -0.276. The van der Waals surface area contributed by atoms with Crippen molar-refractivity contribution in [3.8, 4) is 0 Å². The third-order valence-electron chi connectivity index (χ3n) is 4.40. The monoisotopic (exact) mass is 457 g/mol. The van der Waals surface area contributed by atoms with Crippen molar-refractivity contribution in [3.05, 3.63) is 77.2 Å². The molecule has 3 rings (SSSR count). The van der Waals surface area contributed by atoms with Gasteiger partial charge in [-0.3, -0.25) is 0 Å². The first-order chi connectivity index (χ1) is 15.0. The third-order valence-corrected chi connectivity index (χ3v) is 5.81. The van der Waals surface area contributed by atoms with Gasteiger partial charge < -0.3 is 14.5 Å². The number of carbonyl (C=O) groups is 1. The summed E-state index contributed by atoms with van der Waals surface area (Å²) in [6.45, 7) is 7.14. The van der Waals surface area contributed by atoms with Crippen molar-refractivity contribution in [3.63, 3.8) is 0 Å². The molecule has 0 saturated carbocycles. The lowest BCUT2D eigenvalue weighted by atomic mass is 10.1. The van der Waals surface area contributed by atoms with E-state index in [1.54, 1.807) is 39.0 Å². The van der Waals surface area contributed by atoms with Gasteiger partial charge in [0.25, 0.3) is 0 Å². The molecule has 1 aromatic heterocycles. The fourth-order valence-electron chi connectivity index (χ4n) is 3.07. The van der Waals surface area contributed by atoms with Crippen LogP contribution in [0.2, 0.25) is 0 Å². The Balaban J connectivity index is 1.84. The fraction of sp³-hybridized carbons (Fsp3) is 0.348. The van der Waals surface area contributed by atoms with E-state index in [0.717, 1.165) is 11.1 Å². The number of aryl methyl sites for hydroxylation is 1. The highest BCUT2D eigenvalue weighted by Gasteiger charge is 2.28. The van der Waals surface area contributed by atoms with E-state index in [9.17, 15) is 13.2 Å². The van der Waals surface area contributed by atoms with Gasteiger partial charge in [0.2, 0.25) is 15.7 Å². The number of sulfone groups is 1. The van der Waals surface area contributed by atoms with Crippen molar-refractivity contribution >= 4 is 15.9 Å². The first-order valence-electron chi connectivity index (χ1n) is 10.2. The van der Waals surface area contributed by atoms with Crippen LogP contribution in [-0.2, 0) is 26.7 Å². The van der Waals surface area contributed by atoms with Gasteiger partial charge in [0.15, 0.2) is 0 Å². The highest BCUT2D eigenvalue weighted by atomic mass is 32.2. The highest BCUT2D eigenvalue weighted by Crippen LogP contribution is 2.22. The SMILES string of the molecule is Cc1cccc(CS(=O)(=O)c2nnc([C@H](Cc3ccccc3)NC(=O)OC(C)(C)C)o2)c1. The predicted octanol–water partition coefficient (Wildman–Crippen LogP) is 4.16. The molecule has 0 unspecified atom stereocenters. The van der Waals surface area contributed by atoms with Gasteiger partial charge in [-0.15, -0.1) is 5.10 Å². The summed E-state index contributed by atoms with van der Waals surface area (Å²) in [4.78, 5) is 12.4. The van der Waals surface area contributed by atoms with Crippen molar-refractivity contribution < 1.29 is 22.4 Å². The minimum absolute atomic E-state index is 0.0115. The van der Waals surface area contributed by atoms with Crippen molar-refractivity contribution in [2.45, 2.75) is 56.7 Å². The molecule has 0 saturated heterocycles. The Morgan fingerprint density at radius 3 is 2.41 bits per heavy atom. The van der Waals surface area contributed by atoms with E-state index in [1.807, 2.05) is 43.3 Å². The molecule has 0 aliphatic rings. The van der Waals surface area contributed by atoms with Crippen LogP contribution < -0.4 is 5.32 Å². The number of alkyl carbamates (subject to hydrolysis) is 1. The highest BCUT2D eigenvalue weighted by molar-refractivity contribution is 7.90. The van der Waals surface area contributed by atoms with E-state index in [0.29, 0.717) is 12.0 Å². The summed E-state index contributed by atoms with van der Waals surface area (Å²) in [5, 5.41) is 9.90. The van der Waals surface area contributed by atoms with Crippen molar-refractivity contribution in [1.82, 2.24) is 15.5 Å². The van der Waals surface area contributed by atoms with Crippen LogP contribution in [0.5, 0.6) is 0 Å². The number of carbonyl (C=O) groups excluding carboxylic acids is 1. The van der Waals surface area contributed by atoms with Crippen LogP contribution in [0.1, 0.15) is 49.4 Å². The molecule has 0 aliphatic carbocycles. The van der Waals surface area contributed by atoms with Gasteiger partial charge in [-0.1, -0.05) is 65.3 Å². The van der Waals surface area contributed by atoms with Crippen LogP contribution >= 0.6 is 0 Å². The largest absolute Gasteiger partial charge is 0.444 e. The average Bonchev–Trinajstić information content (AvgIpc) is 3.18. The number of hydrogen-bond donors (Lipinski definition) is 1. The summed E-state index contributed by atoms with van der Waals surface area (Å²) < 4.78 is 36.5. The van der Waals surface area contributed by atoms with E-state index in [-0.39, 0.29) is 11.6 Å². The Bertz CT molecular complexity index is 1170. The standard InChI is InChI=1S/C23H27N3O5S/c1-16-9-8-12-18(13-16)15-32(28,29)22-26-25-20(30-22)19(14-17-10-6-5-7-11-17)24-21(27)31-23(2,3)4/h5-13,19H,14-15H2,1-4H3,(H,24,27)/t19-/m0/s1. The summed E-state index contributed by atoms with van der Waals surface area (Å²) in [6.07, 6.45) is -0.347. The molecule has 1 heterocycles. The van der Waals surface area contributed by atoms with Gasteiger partial charge in [0.05, 0.1) is 5.75 Å². The molecule has 8 nitrogen and oxygen atoms in total. The number of amides is 1. The second kappa shape index (κ2) is 9.52. The summed E-state index contributed by atoms with van der Waals surface area (Å²) >= 11 is 0. The molecule has 9 heteroatoms. The molecule has 1 N–H and O–H groups in total.